The third-order valence-electron chi connectivity index (χ3n) is 4.85. The van der Waals surface area contributed by atoms with E-state index in [-0.39, 0.29) is 35.1 Å². The number of aliphatic hydroxyl groups is 2. The first-order valence-corrected chi connectivity index (χ1v) is 8.83. The minimum Gasteiger partial charge on any atom is -0.546 e. The Morgan fingerprint density at radius 1 is 0.963 bits per heavy atom. The topological polar surface area (TPSA) is 80.6 Å². The molecule has 6 heteroatoms. The van der Waals surface area contributed by atoms with E-state index in [9.17, 15) is 15.0 Å². The molecule has 0 bridgehead atoms. The summed E-state index contributed by atoms with van der Waals surface area (Å²) in [6.45, 7) is 7.71. The smallest absolute Gasteiger partial charge is 0.154 e. The van der Waals surface area contributed by atoms with Crippen molar-refractivity contribution in [3.05, 3.63) is 71.8 Å². The Morgan fingerprint density at radius 2 is 1.33 bits per heavy atom. The lowest BCUT2D eigenvalue weighted by Gasteiger charge is -2.31. The van der Waals surface area contributed by atoms with Gasteiger partial charge in [0.15, 0.2) is 5.60 Å². The van der Waals surface area contributed by atoms with Crippen LogP contribution < -0.4 is 5.11 Å². The van der Waals surface area contributed by atoms with Crippen LogP contribution >= 0.6 is 24.0 Å². The molecule has 0 amide bonds. The van der Waals surface area contributed by atoms with E-state index in [1.165, 1.54) is 0 Å². The van der Waals surface area contributed by atoms with Crippen LogP contribution in [-0.2, 0) is 10.4 Å². The summed E-state index contributed by atoms with van der Waals surface area (Å²) >= 11 is 0. The number of likely N-dealkylation sites (N-methyl/N-ethyl adjacent to an activating group) is 1. The maximum absolute atomic E-state index is 11.3. The van der Waals surface area contributed by atoms with E-state index < -0.39 is 11.6 Å². The highest BCUT2D eigenvalue weighted by Crippen LogP contribution is 2.28. The molecule has 0 saturated heterocycles. The van der Waals surface area contributed by atoms with Gasteiger partial charge < -0.3 is 24.6 Å². The fourth-order valence-corrected chi connectivity index (χ4v) is 2.54. The second kappa shape index (κ2) is 12.1. The molecule has 0 saturated carbocycles. The van der Waals surface area contributed by atoms with Gasteiger partial charge in [-0.1, -0.05) is 60.7 Å². The predicted molar refractivity (Wildman–Crippen MR) is 116 cm³/mol. The average Bonchev–Trinajstić information content (AvgIpc) is 2.69. The zero-order valence-electron chi connectivity index (χ0n) is 16.2. The average molecular weight is 487 g/mol. The molecule has 5 nitrogen and oxygen atoms in total. The summed E-state index contributed by atoms with van der Waals surface area (Å²) < 4.78 is 0.983. The molecule has 150 valence electrons. The number of hydrogen-bond acceptors (Lipinski definition) is 4. The normalized spacial score (nSPS) is 11.0. The number of carboxylic acid groups (broad SMARTS) is 1. The molecule has 2 N–H and O–H groups in total. The number of rotatable bonds is 7. The highest BCUT2D eigenvalue weighted by Gasteiger charge is 2.32. The molecule has 0 fully saturated rings. The van der Waals surface area contributed by atoms with Crippen LogP contribution in [0.15, 0.2) is 60.7 Å². The summed E-state index contributed by atoms with van der Waals surface area (Å²) in [7, 11) is 2.16. The molecule has 0 aliphatic rings. The molecule has 0 atom stereocenters. The Morgan fingerprint density at radius 3 is 1.56 bits per heavy atom. The second-order valence-corrected chi connectivity index (χ2v) is 6.43. The highest BCUT2D eigenvalue weighted by atomic mass is 127. The van der Waals surface area contributed by atoms with Crippen molar-refractivity contribution in [3.63, 3.8) is 0 Å². The largest absolute Gasteiger partial charge is 0.546 e. The summed E-state index contributed by atoms with van der Waals surface area (Å²) in [5.74, 6) is -1.53. The van der Waals surface area contributed by atoms with Crippen LogP contribution in [0.4, 0.5) is 0 Å². The molecule has 0 aliphatic carbocycles. The number of carboxylic acids is 1. The lowest BCUT2D eigenvalue weighted by atomic mass is 9.86. The van der Waals surface area contributed by atoms with Crippen molar-refractivity contribution in [1.29, 1.82) is 0 Å². The van der Waals surface area contributed by atoms with Gasteiger partial charge in [0.05, 0.1) is 32.7 Å². The number of carbonyl (C=O) groups is 1. The standard InChI is InChI=1S/C14H12O3.C7H18NO.HI/c15-13(16)14(17,11-7-3-1-4-8-11)12-9-5-2-6-10-12;1-4-8(3,5-2)6-7-9;/h1-10,17H,(H,15,16);9H,4-7H2,1-3H3;1H/q;+1;/p-1. The van der Waals surface area contributed by atoms with E-state index >= 15 is 0 Å². The van der Waals surface area contributed by atoms with E-state index in [4.69, 9.17) is 5.11 Å². The summed E-state index contributed by atoms with van der Waals surface area (Å²) in [4.78, 5) is 11.3. The molecule has 2 aromatic rings. The number of benzene rings is 2. The molecule has 0 aliphatic heterocycles. The molecule has 27 heavy (non-hydrogen) atoms. The van der Waals surface area contributed by atoms with Gasteiger partial charge in [-0.25, -0.2) is 0 Å². The third kappa shape index (κ3) is 6.88. The molecule has 0 aromatic heterocycles. The van der Waals surface area contributed by atoms with Crippen LogP contribution in [-0.4, -0.2) is 54.0 Å². The van der Waals surface area contributed by atoms with Crippen molar-refractivity contribution < 1.29 is 24.6 Å². The Kier molecular flexibility index (Phi) is 11.4. The molecule has 0 unspecified atom stereocenters. The molecule has 2 rings (SSSR count). The van der Waals surface area contributed by atoms with E-state index in [1.807, 2.05) is 0 Å². The van der Waals surface area contributed by atoms with Gasteiger partial charge in [0.2, 0.25) is 0 Å². The van der Waals surface area contributed by atoms with Crippen LogP contribution in [0.1, 0.15) is 25.0 Å². The molecule has 0 spiro atoms. The Balaban J connectivity index is 0.000000584. The number of aliphatic carboxylic acids is 1. The maximum Gasteiger partial charge on any atom is 0.154 e. The van der Waals surface area contributed by atoms with Gasteiger partial charge in [-0.15, -0.1) is 24.0 Å². The lowest BCUT2D eigenvalue weighted by Crippen LogP contribution is -2.46. The third-order valence-corrected chi connectivity index (χ3v) is 4.85. The number of hydrogen-bond donors (Lipinski definition) is 2. The van der Waals surface area contributed by atoms with Crippen LogP contribution in [0.25, 0.3) is 0 Å². The van der Waals surface area contributed by atoms with Gasteiger partial charge >= 0.3 is 0 Å². The number of carbonyl (C=O) groups excluding carboxylic acids is 1. The van der Waals surface area contributed by atoms with E-state index in [0.717, 1.165) is 24.1 Å². The van der Waals surface area contributed by atoms with Crippen molar-refractivity contribution in [2.24, 2.45) is 0 Å². The van der Waals surface area contributed by atoms with Crippen molar-refractivity contribution in [1.82, 2.24) is 0 Å². The van der Waals surface area contributed by atoms with Gasteiger partial charge in [-0.2, -0.15) is 0 Å². The van der Waals surface area contributed by atoms with Gasteiger partial charge in [0.25, 0.3) is 0 Å². The monoisotopic (exact) mass is 487 g/mol. The SMILES string of the molecule is CC[N+](C)(CC)CCO.I.O=C([O-])C(O)(c1ccccc1)c1ccccc1. The van der Waals surface area contributed by atoms with Gasteiger partial charge in [-0.3, -0.25) is 0 Å². The molecule has 0 radical (unpaired) electrons. The Labute approximate surface area is 178 Å². The van der Waals surface area contributed by atoms with Crippen molar-refractivity contribution in [2.75, 3.05) is 33.3 Å². The number of quaternary nitrogens is 1. The molecule has 2 aromatic carbocycles. The van der Waals surface area contributed by atoms with E-state index in [2.05, 4.69) is 20.9 Å². The fourth-order valence-electron chi connectivity index (χ4n) is 2.54. The highest BCUT2D eigenvalue weighted by molar-refractivity contribution is 14.0. The predicted octanol–water partition coefficient (Wildman–Crippen LogP) is 1.76. The van der Waals surface area contributed by atoms with Gasteiger partial charge in [0.1, 0.15) is 6.54 Å². The number of aliphatic hydroxyl groups excluding tert-OH is 1. The van der Waals surface area contributed by atoms with Crippen molar-refractivity contribution in [2.45, 2.75) is 19.4 Å². The first kappa shape index (κ1) is 25.5. The van der Waals surface area contributed by atoms with Gasteiger partial charge in [-0.05, 0) is 25.0 Å². The summed E-state index contributed by atoms with van der Waals surface area (Å²) in [6.07, 6.45) is 0. The van der Waals surface area contributed by atoms with E-state index in [1.54, 1.807) is 60.7 Å². The first-order chi connectivity index (χ1) is 12.3. The minimum atomic E-state index is -2.11. The Bertz CT molecular complexity index is 621. The molecular weight excluding hydrogens is 457 g/mol. The van der Waals surface area contributed by atoms with Crippen LogP contribution in [0.5, 0.6) is 0 Å². The lowest BCUT2D eigenvalue weighted by molar-refractivity contribution is -0.906. The molecular formula is C21H30INO4. The minimum absolute atomic E-state index is 0. The summed E-state index contributed by atoms with van der Waals surface area (Å²) in [6, 6.07) is 16.4. The fraction of sp³-hybridized carbons (Fsp3) is 0.381. The number of halogens is 1. The zero-order valence-corrected chi connectivity index (χ0v) is 18.5. The maximum atomic E-state index is 11.3. The van der Waals surface area contributed by atoms with Crippen molar-refractivity contribution in [3.8, 4) is 0 Å². The van der Waals surface area contributed by atoms with Crippen LogP contribution in [0, 0.1) is 0 Å². The molecule has 0 heterocycles. The van der Waals surface area contributed by atoms with Crippen LogP contribution in [0.3, 0.4) is 0 Å². The van der Waals surface area contributed by atoms with E-state index in [0.29, 0.717) is 6.61 Å². The second-order valence-electron chi connectivity index (χ2n) is 6.43. The van der Waals surface area contributed by atoms with Crippen LogP contribution in [0.2, 0.25) is 0 Å². The summed E-state index contributed by atoms with van der Waals surface area (Å²) in [5.41, 5.74) is -1.54. The quantitative estimate of drug-likeness (QED) is 0.461. The van der Waals surface area contributed by atoms with Crippen molar-refractivity contribution >= 4 is 29.9 Å². The zero-order chi connectivity index (χ0) is 19.6. The Hall–Kier alpha value is -1.48. The number of nitrogens with zero attached hydrogens (tertiary/aromatic N) is 1. The first-order valence-electron chi connectivity index (χ1n) is 8.83. The summed E-state index contributed by atoms with van der Waals surface area (Å²) in [5, 5.41) is 30.3. The van der Waals surface area contributed by atoms with Gasteiger partial charge in [0, 0.05) is 0 Å².